The van der Waals surface area contributed by atoms with Gasteiger partial charge in [-0.05, 0) is 55.3 Å². The van der Waals surface area contributed by atoms with Crippen molar-refractivity contribution in [3.05, 3.63) is 64.4 Å². The first-order valence-electron chi connectivity index (χ1n) is 8.58. The van der Waals surface area contributed by atoms with Crippen LogP contribution in [0.2, 0.25) is 5.02 Å². The lowest BCUT2D eigenvalue weighted by atomic mass is 10.1. The number of rotatable bonds is 7. The van der Waals surface area contributed by atoms with Gasteiger partial charge in [-0.15, -0.1) is 0 Å². The maximum absolute atomic E-state index is 13.1. The number of methoxy groups -OCH3 is 1. The fourth-order valence-electron chi connectivity index (χ4n) is 2.59. The average molecular weight is 392 g/mol. The molecule has 0 heterocycles. The maximum Gasteiger partial charge on any atom is 0.246 e. The summed E-state index contributed by atoms with van der Waals surface area (Å²) in [5.74, 6) is 0.495. The number of ether oxygens (including phenoxy) is 2. The van der Waals surface area contributed by atoms with E-state index in [0.717, 1.165) is 11.1 Å². The van der Waals surface area contributed by atoms with Gasteiger partial charge in [-0.2, -0.15) is 0 Å². The second kappa shape index (κ2) is 9.42. The van der Waals surface area contributed by atoms with E-state index in [1.807, 2.05) is 13.8 Å². The SMILES string of the molecule is CCOc1cc(/C=C/C(=O)N(C)C(C)c2ccc(F)cc2)cc(Cl)c1OC. The molecule has 27 heavy (non-hydrogen) atoms. The molecule has 0 saturated heterocycles. The van der Waals surface area contributed by atoms with Crippen LogP contribution in [0.1, 0.15) is 31.0 Å². The van der Waals surface area contributed by atoms with Gasteiger partial charge in [-0.3, -0.25) is 4.79 Å². The van der Waals surface area contributed by atoms with Crippen LogP contribution in [0.5, 0.6) is 11.5 Å². The molecule has 0 aliphatic carbocycles. The lowest BCUT2D eigenvalue weighted by molar-refractivity contribution is -0.126. The van der Waals surface area contributed by atoms with Crippen LogP contribution in [0, 0.1) is 5.82 Å². The summed E-state index contributed by atoms with van der Waals surface area (Å²) in [7, 11) is 3.22. The van der Waals surface area contributed by atoms with Gasteiger partial charge in [-0.1, -0.05) is 23.7 Å². The molecule has 1 unspecified atom stereocenters. The summed E-state index contributed by atoms with van der Waals surface area (Å²) in [5.41, 5.74) is 1.58. The fraction of sp³-hybridized carbons (Fsp3) is 0.286. The van der Waals surface area contributed by atoms with Gasteiger partial charge in [0.15, 0.2) is 11.5 Å². The number of amides is 1. The molecule has 6 heteroatoms. The average Bonchev–Trinajstić information content (AvgIpc) is 2.65. The molecule has 0 aliphatic heterocycles. The zero-order valence-electron chi connectivity index (χ0n) is 15.8. The molecule has 144 valence electrons. The standard InChI is InChI=1S/C21H23ClFNO3/c1-5-27-19-13-15(12-18(22)21(19)26-4)6-11-20(25)24(3)14(2)16-7-9-17(23)10-8-16/h6-14H,5H2,1-4H3/b11-6+. The van der Waals surface area contributed by atoms with Crippen LogP contribution in [-0.4, -0.2) is 31.6 Å². The first-order chi connectivity index (χ1) is 12.9. The molecule has 1 amide bonds. The van der Waals surface area contributed by atoms with E-state index in [1.165, 1.54) is 25.3 Å². The Hall–Kier alpha value is -2.53. The van der Waals surface area contributed by atoms with Crippen molar-refractivity contribution in [2.24, 2.45) is 0 Å². The van der Waals surface area contributed by atoms with Crippen molar-refractivity contribution in [1.29, 1.82) is 0 Å². The Morgan fingerprint density at radius 1 is 1.30 bits per heavy atom. The van der Waals surface area contributed by atoms with Gasteiger partial charge in [0.1, 0.15) is 5.82 Å². The summed E-state index contributed by atoms with van der Waals surface area (Å²) >= 11 is 6.23. The molecule has 0 fully saturated rings. The summed E-state index contributed by atoms with van der Waals surface area (Å²) in [6, 6.07) is 9.39. The molecule has 0 saturated carbocycles. The van der Waals surface area contributed by atoms with Crippen molar-refractivity contribution in [1.82, 2.24) is 4.90 Å². The van der Waals surface area contributed by atoms with Crippen molar-refractivity contribution in [3.8, 4) is 11.5 Å². The summed E-state index contributed by atoms with van der Waals surface area (Å²) in [5, 5.41) is 0.406. The third-order valence-electron chi connectivity index (χ3n) is 4.24. The normalized spacial score (nSPS) is 12.1. The zero-order chi connectivity index (χ0) is 20.0. The summed E-state index contributed by atoms with van der Waals surface area (Å²) in [6.45, 7) is 4.22. The number of hydrogen-bond donors (Lipinski definition) is 0. The Labute approximate surface area is 164 Å². The minimum Gasteiger partial charge on any atom is -0.491 e. The lowest BCUT2D eigenvalue weighted by Crippen LogP contribution is -2.27. The molecule has 0 bridgehead atoms. The number of halogens is 2. The number of nitrogens with zero attached hydrogens (tertiary/aromatic N) is 1. The second-order valence-corrected chi connectivity index (χ2v) is 6.38. The Balaban J connectivity index is 2.16. The predicted octanol–water partition coefficient (Wildman–Crippen LogP) is 5.12. The highest BCUT2D eigenvalue weighted by molar-refractivity contribution is 6.32. The van der Waals surface area contributed by atoms with E-state index in [0.29, 0.717) is 23.1 Å². The molecule has 0 aliphatic rings. The summed E-state index contributed by atoms with van der Waals surface area (Å²) in [4.78, 5) is 14.1. The Kier molecular flexibility index (Phi) is 7.25. The van der Waals surface area contributed by atoms with Crippen LogP contribution in [-0.2, 0) is 4.79 Å². The molecule has 0 radical (unpaired) electrons. The largest absolute Gasteiger partial charge is 0.491 e. The van der Waals surface area contributed by atoms with Crippen LogP contribution < -0.4 is 9.47 Å². The smallest absolute Gasteiger partial charge is 0.246 e. The summed E-state index contributed by atoms with van der Waals surface area (Å²) in [6.07, 6.45) is 3.14. The van der Waals surface area contributed by atoms with Crippen LogP contribution in [0.15, 0.2) is 42.5 Å². The number of hydrogen-bond acceptors (Lipinski definition) is 3. The molecule has 0 N–H and O–H groups in total. The molecule has 2 rings (SSSR count). The highest BCUT2D eigenvalue weighted by atomic mass is 35.5. The van der Waals surface area contributed by atoms with Crippen LogP contribution in [0.25, 0.3) is 6.08 Å². The number of carbonyl (C=O) groups is 1. The van der Waals surface area contributed by atoms with E-state index in [4.69, 9.17) is 21.1 Å². The number of carbonyl (C=O) groups excluding carboxylic acids is 1. The van der Waals surface area contributed by atoms with Gasteiger partial charge in [-0.25, -0.2) is 4.39 Å². The van der Waals surface area contributed by atoms with Crippen molar-refractivity contribution in [2.75, 3.05) is 20.8 Å². The first-order valence-corrected chi connectivity index (χ1v) is 8.95. The number of benzene rings is 2. The third-order valence-corrected chi connectivity index (χ3v) is 4.52. The molecular weight excluding hydrogens is 369 g/mol. The van der Waals surface area contributed by atoms with Crippen LogP contribution in [0.4, 0.5) is 4.39 Å². The van der Waals surface area contributed by atoms with Crippen LogP contribution >= 0.6 is 11.6 Å². The van der Waals surface area contributed by atoms with E-state index in [2.05, 4.69) is 0 Å². The molecule has 1 atom stereocenters. The van der Waals surface area contributed by atoms with Crippen molar-refractivity contribution < 1.29 is 18.7 Å². The third kappa shape index (κ3) is 5.23. The molecular formula is C21H23ClFNO3. The number of likely N-dealkylation sites (N-methyl/N-ethyl adjacent to an activating group) is 1. The molecule has 0 spiro atoms. The van der Waals surface area contributed by atoms with Gasteiger partial charge < -0.3 is 14.4 Å². The molecule has 2 aromatic carbocycles. The quantitative estimate of drug-likeness (QED) is 0.615. The Morgan fingerprint density at radius 2 is 1.96 bits per heavy atom. The van der Waals surface area contributed by atoms with E-state index in [-0.39, 0.29) is 17.8 Å². The van der Waals surface area contributed by atoms with Crippen molar-refractivity contribution >= 4 is 23.6 Å². The highest BCUT2D eigenvalue weighted by Gasteiger charge is 2.16. The topological polar surface area (TPSA) is 38.8 Å². The highest BCUT2D eigenvalue weighted by Crippen LogP contribution is 2.36. The fourth-order valence-corrected chi connectivity index (χ4v) is 2.88. The minimum absolute atomic E-state index is 0.184. The molecule has 2 aromatic rings. The monoisotopic (exact) mass is 391 g/mol. The minimum atomic E-state index is -0.304. The van der Waals surface area contributed by atoms with Gasteiger partial charge in [0.2, 0.25) is 5.91 Å². The molecule has 4 nitrogen and oxygen atoms in total. The Morgan fingerprint density at radius 3 is 2.56 bits per heavy atom. The van der Waals surface area contributed by atoms with E-state index < -0.39 is 0 Å². The summed E-state index contributed by atoms with van der Waals surface area (Å²) < 4.78 is 23.9. The maximum atomic E-state index is 13.1. The predicted molar refractivity (Wildman–Crippen MR) is 106 cm³/mol. The van der Waals surface area contributed by atoms with E-state index in [9.17, 15) is 9.18 Å². The second-order valence-electron chi connectivity index (χ2n) is 5.98. The van der Waals surface area contributed by atoms with Gasteiger partial charge in [0.25, 0.3) is 0 Å². The van der Waals surface area contributed by atoms with Gasteiger partial charge >= 0.3 is 0 Å². The van der Waals surface area contributed by atoms with E-state index >= 15 is 0 Å². The van der Waals surface area contributed by atoms with Gasteiger partial charge in [0.05, 0.1) is 24.8 Å². The van der Waals surface area contributed by atoms with E-state index in [1.54, 1.807) is 42.3 Å². The van der Waals surface area contributed by atoms with Gasteiger partial charge in [0, 0.05) is 13.1 Å². The van der Waals surface area contributed by atoms with Crippen molar-refractivity contribution in [3.63, 3.8) is 0 Å². The van der Waals surface area contributed by atoms with Crippen LogP contribution in [0.3, 0.4) is 0 Å². The lowest BCUT2D eigenvalue weighted by Gasteiger charge is -2.24. The first kappa shape index (κ1) is 20.8. The Bertz CT molecular complexity index is 821. The zero-order valence-corrected chi connectivity index (χ0v) is 16.6. The molecule has 0 aromatic heterocycles. The van der Waals surface area contributed by atoms with Crippen molar-refractivity contribution in [2.45, 2.75) is 19.9 Å².